The van der Waals surface area contributed by atoms with Crippen LogP contribution < -0.4 is 5.32 Å². The zero-order valence-electron chi connectivity index (χ0n) is 10.3. The Morgan fingerprint density at radius 2 is 1.95 bits per heavy atom. The van der Waals surface area contributed by atoms with Gasteiger partial charge in [-0.2, -0.15) is 0 Å². The first-order valence-electron chi connectivity index (χ1n) is 5.67. The molecular weight excluding hydrogens is 278 g/mol. The summed E-state index contributed by atoms with van der Waals surface area (Å²) in [4.78, 5) is 30.2. The van der Waals surface area contributed by atoms with Crippen LogP contribution in [0.25, 0.3) is 0 Å². The number of pyridine rings is 2. The Labute approximate surface area is 119 Å². The van der Waals surface area contributed by atoms with E-state index in [9.17, 15) is 9.59 Å². The van der Waals surface area contributed by atoms with Gasteiger partial charge in [0.15, 0.2) is 0 Å². The van der Waals surface area contributed by atoms with Crippen LogP contribution in [0.5, 0.6) is 0 Å². The van der Waals surface area contributed by atoms with Gasteiger partial charge >= 0.3 is 5.97 Å². The third-order valence-electron chi connectivity index (χ3n) is 2.28. The first kappa shape index (κ1) is 14.0. The number of nitrogens with zero attached hydrogens (tertiary/aromatic N) is 2. The minimum atomic E-state index is -0.896. The van der Waals surface area contributed by atoms with Gasteiger partial charge in [-0.25, -0.2) is 4.98 Å². The highest BCUT2D eigenvalue weighted by Crippen LogP contribution is 2.17. The number of hydrogen-bond acceptors (Lipinski definition) is 5. The molecule has 0 spiro atoms. The maximum absolute atomic E-state index is 11.9. The van der Waals surface area contributed by atoms with E-state index in [2.05, 4.69) is 15.3 Å². The number of aromatic nitrogens is 2. The van der Waals surface area contributed by atoms with Crippen molar-refractivity contribution in [3.63, 3.8) is 0 Å². The molecule has 2 N–H and O–H groups in total. The quantitative estimate of drug-likeness (QED) is 0.817. The highest BCUT2D eigenvalue weighted by Gasteiger charge is 2.06. The minimum Gasteiger partial charge on any atom is -0.481 e. The maximum Gasteiger partial charge on any atom is 0.313 e. The van der Waals surface area contributed by atoms with Crippen molar-refractivity contribution in [2.24, 2.45) is 0 Å². The van der Waals surface area contributed by atoms with E-state index >= 15 is 0 Å². The van der Waals surface area contributed by atoms with E-state index < -0.39 is 5.97 Å². The number of amides is 1. The summed E-state index contributed by atoms with van der Waals surface area (Å²) < 4.78 is 0. The number of nitrogens with one attached hydrogen (secondary N) is 1. The molecule has 20 heavy (non-hydrogen) atoms. The van der Waals surface area contributed by atoms with Gasteiger partial charge in [-0.05, 0) is 24.3 Å². The van der Waals surface area contributed by atoms with Crippen molar-refractivity contribution in [3.05, 3.63) is 48.4 Å². The summed E-state index contributed by atoms with van der Waals surface area (Å²) >= 11 is 1.12. The first-order valence-corrected chi connectivity index (χ1v) is 6.66. The van der Waals surface area contributed by atoms with Crippen LogP contribution in [-0.4, -0.2) is 32.7 Å². The van der Waals surface area contributed by atoms with Crippen LogP contribution in [0.15, 0.2) is 47.9 Å². The van der Waals surface area contributed by atoms with E-state index in [1.807, 2.05) is 0 Å². The molecule has 0 saturated heterocycles. The summed E-state index contributed by atoms with van der Waals surface area (Å²) in [5.74, 6) is -1.19. The molecule has 7 heteroatoms. The van der Waals surface area contributed by atoms with Crippen molar-refractivity contribution in [3.8, 4) is 0 Å². The molecule has 2 heterocycles. The number of carboxylic acids is 1. The van der Waals surface area contributed by atoms with Gasteiger partial charge in [-0.15, -0.1) is 0 Å². The minimum absolute atomic E-state index is 0.0459. The van der Waals surface area contributed by atoms with Crippen molar-refractivity contribution in [1.82, 2.24) is 9.97 Å². The maximum atomic E-state index is 11.9. The highest BCUT2D eigenvalue weighted by molar-refractivity contribution is 7.99. The summed E-state index contributed by atoms with van der Waals surface area (Å²) in [5.41, 5.74) is 1.05. The summed E-state index contributed by atoms with van der Waals surface area (Å²) in [6.07, 6.45) is 4.57. The summed E-state index contributed by atoms with van der Waals surface area (Å²) in [6, 6.07) is 6.56. The van der Waals surface area contributed by atoms with Crippen LogP contribution in [0, 0.1) is 0 Å². The van der Waals surface area contributed by atoms with Crippen molar-refractivity contribution in [1.29, 1.82) is 0 Å². The van der Waals surface area contributed by atoms with Gasteiger partial charge in [0.25, 0.3) is 5.91 Å². The van der Waals surface area contributed by atoms with Crippen LogP contribution in [0.2, 0.25) is 0 Å². The summed E-state index contributed by atoms with van der Waals surface area (Å²) in [6.45, 7) is 0. The standard InChI is InChI=1S/C13H11N3O3S/c17-12(18)8-20-11-2-1-10(7-15-11)16-13(19)9-3-5-14-6-4-9/h1-7H,8H2,(H,16,19)(H,17,18). The van der Waals surface area contributed by atoms with Crippen LogP contribution in [0.1, 0.15) is 10.4 Å². The molecule has 6 nitrogen and oxygen atoms in total. The zero-order valence-corrected chi connectivity index (χ0v) is 11.1. The molecule has 0 fully saturated rings. The average Bonchev–Trinajstić information content (AvgIpc) is 2.47. The fourth-order valence-corrected chi connectivity index (χ4v) is 1.94. The molecule has 1 amide bonds. The number of aliphatic carboxylic acids is 1. The monoisotopic (exact) mass is 289 g/mol. The van der Waals surface area contributed by atoms with Gasteiger partial charge in [-0.1, -0.05) is 11.8 Å². The number of rotatable bonds is 5. The second kappa shape index (κ2) is 6.67. The average molecular weight is 289 g/mol. The molecule has 0 radical (unpaired) electrons. The second-order valence-corrected chi connectivity index (χ2v) is 4.75. The molecule has 2 rings (SSSR count). The molecule has 2 aromatic rings. The van der Waals surface area contributed by atoms with Gasteiger partial charge < -0.3 is 10.4 Å². The molecule has 0 aliphatic carbocycles. The molecule has 0 aromatic carbocycles. The molecule has 0 aliphatic heterocycles. The van der Waals surface area contributed by atoms with Crippen LogP contribution in [-0.2, 0) is 4.79 Å². The number of carbonyl (C=O) groups excluding carboxylic acids is 1. The van der Waals surface area contributed by atoms with Crippen LogP contribution >= 0.6 is 11.8 Å². The Morgan fingerprint density at radius 3 is 2.55 bits per heavy atom. The predicted octanol–water partition coefficient (Wildman–Crippen LogP) is 1.91. The molecule has 0 saturated carbocycles. The van der Waals surface area contributed by atoms with Gasteiger partial charge in [0.1, 0.15) is 0 Å². The van der Waals surface area contributed by atoms with Crippen molar-refractivity contribution >= 4 is 29.3 Å². The fraction of sp³-hybridized carbons (Fsp3) is 0.0769. The van der Waals surface area contributed by atoms with Gasteiger partial charge in [0.05, 0.1) is 22.7 Å². The third kappa shape index (κ3) is 4.06. The SMILES string of the molecule is O=C(O)CSc1ccc(NC(=O)c2ccncc2)cn1. The van der Waals surface area contributed by atoms with Gasteiger partial charge in [-0.3, -0.25) is 14.6 Å². The van der Waals surface area contributed by atoms with E-state index in [-0.39, 0.29) is 11.7 Å². The third-order valence-corrected chi connectivity index (χ3v) is 3.21. The largest absolute Gasteiger partial charge is 0.481 e. The lowest BCUT2D eigenvalue weighted by atomic mass is 10.2. The van der Waals surface area contributed by atoms with E-state index in [1.165, 1.54) is 6.20 Å². The number of hydrogen-bond donors (Lipinski definition) is 2. The molecule has 0 aliphatic rings. The molecule has 0 unspecified atom stereocenters. The van der Waals surface area contributed by atoms with E-state index in [4.69, 9.17) is 5.11 Å². The highest BCUT2D eigenvalue weighted by atomic mass is 32.2. The lowest BCUT2D eigenvalue weighted by Crippen LogP contribution is -2.11. The topological polar surface area (TPSA) is 92.2 Å². The molecule has 102 valence electrons. The molecule has 2 aromatic heterocycles. The Hall–Kier alpha value is -2.41. The second-order valence-electron chi connectivity index (χ2n) is 3.76. The summed E-state index contributed by atoms with van der Waals surface area (Å²) in [7, 11) is 0. The van der Waals surface area contributed by atoms with Gasteiger partial charge in [0.2, 0.25) is 0 Å². The van der Waals surface area contributed by atoms with Crippen molar-refractivity contribution < 1.29 is 14.7 Å². The Morgan fingerprint density at radius 1 is 1.20 bits per heavy atom. The number of carbonyl (C=O) groups is 2. The Balaban J connectivity index is 1.97. The van der Waals surface area contributed by atoms with Gasteiger partial charge in [0, 0.05) is 18.0 Å². The Kier molecular flexibility index (Phi) is 4.67. The van der Waals surface area contributed by atoms with E-state index in [1.54, 1.807) is 36.7 Å². The van der Waals surface area contributed by atoms with E-state index in [0.717, 1.165) is 11.8 Å². The number of thioether (sulfide) groups is 1. The van der Waals surface area contributed by atoms with Crippen LogP contribution in [0.4, 0.5) is 5.69 Å². The predicted molar refractivity (Wildman–Crippen MR) is 74.8 cm³/mol. The number of anilines is 1. The molecular formula is C13H11N3O3S. The normalized spacial score (nSPS) is 10.0. The number of carboxylic acid groups (broad SMARTS) is 1. The summed E-state index contributed by atoms with van der Waals surface area (Å²) in [5, 5.41) is 11.9. The fourth-order valence-electron chi connectivity index (χ4n) is 1.38. The zero-order chi connectivity index (χ0) is 14.4. The van der Waals surface area contributed by atoms with Crippen molar-refractivity contribution in [2.75, 3.05) is 11.1 Å². The molecule has 0 atom stereocenters. The lowest BCUT2D eigenvalue weighted by Gasteiger charge is -2.05. The van der Waals surface area contributed by atoms with E-state index in [0.29, 0.717) is 16.3 Å². The lowest BCUT2D eigenvalue weighted by molar-refractivity contribution is -0.133. The molecule has 0 bridgehead atoms. The van der Waals surface area contributed by atoms with Crippen molar-refractivity contribution in [2.45, 2.75) is 5.03 Å². The Bertz CT molecular complexity index is 602. The smallest absolute Gasteiger partial charge is 0.313 e. The first-order chi connectivity index (χ1) is 9.65. The van der Waals surface area contributed by atoms with Crippen LogP contribution in [0.3, 0.4) is 0 Å².